The Morgan fingerprint density at radius 1 is 1.39 bits per heavy atom. The van der Waals surface area contributed by atoms with E-state index < -0.39 is 5.97 Å². The molecule has 0 saturated carbocycles. The van der Waals surface area contributed by atoms with Crippen molar-refractivity contribution >= 4 is 11.8 Å². The molecule has 0 radical (unpaired) electrons. The zero-order chi connectivity index (χ0) is 16.6. The van der Waals surface area contributed by atoms with E-state index in [1.165, 1.54) is 0 Å². The van der Waals surface area contributed by atoms with E-state index in [-0.39, 0.29) is 0 Å². The third-order valence-electron chi connectivity index (χ3n) is 4.25. The van der Waals surface area contributed by atoms with Crippen LogP contribution in [0.25, 0.3) is 0 Å². The van der Waals surface area contributed by atoms with Gasteiger partial charge in [0.15, 0.2) is 0 Å². The zero-order valence-electron chi connectivity index (χ0n) is 13.7. The highest BCUT2D eigenvalue weighted by Gasteiger charge is 2.26. The second-order valence-electron chi connectivity index (χ2n) is 6.08. The molecule has 0 spiro atoms. The van der Waals surface area contributed by atoms with Crippen molar-refractivity contribution in [2.24, 2.45) is 7.05 Å². The van der Waals surface area contributed by atoms with Gasteiger partial charge < -0.3 is 14.6 Å². The van der Waals surface area contributed by atoms with Crippen LogP contribution < -0.4 is 4.90 Å². The summed E-state index contributed by atoms with van der Waals surface area (Å²) in [5, 5.41) is 9.59. The predicted molar refractivity (Wildman–Crippen MR) is 86.5 cm³/mol. The number of anilines is 1. The highest BCUT2D eigenvalue weighted by atomic mass is 16.4. The van der Waals surface area contributed by atoms with Crippen molar-refractivity contribution in [2.75, 3.05) is 25.5 Å². The zero-order valence-corrected chi connectivity index (χ0v) is 13.7. The fraction of sp³-hybridized carbons (Fsp3) is 0.438. The minimum atomic E-state index is -0.907. The number of rotatable bonds is 4. The molecule has 0 atom stereocenters. The molecule has 0 aliphatic carbocycles. The van der Waals surface area contributed by atoms with E-state index in [0.29, 0.717) is 24.3 Å². The first-order chi connectivity index (χ1) is 11.0. The minimum Gasteiger partial charge on any atom is -0.478 e. The van der Waals surface area contributed by atoms with Crippen LogP contribution in [-0.4, -0.2) is 51.2 Å². The number of carboxylic acids is 1. The van der Waals surface area contributed by atoms with Gasteiger partial charge in [-0.05, 0) is 17.5 Å². The maximum Gasteiger partial charge on any atom is 0.339 e. The second-order valence-corrected chi connectivity index (χ2v) is 6.08. The van der Waals surface area contributed by atoms with Crippen molar-refractivity contribution in [3.8, 4) is 0 Å². The quantitative estimate of drug-likeness (QED) is 0.912. The van der Waals surface area contributed by atoms with Gasteiger partial charge in [-0.3, -0.25) is 4.90 Å². The molecule has 3 heterocycles. The molecule has 1 aliphatic rings. The smallest absolute Gasteiger partial charge is 0.339 e. The summed E-state index contributed by atoms with van der Waals surface area (Å²) in [4.78, 5) is 24.4. The van der Waals surface area contributed by atoms with E-state index in [0.717, 1.165) is 30.0 Å². The van der Waals surface area contributed by atoms with E-state index in [2.05, 4.69) is 14.9 Å². The number of aromatic nitrogens is 3. The molecule has 0 aromatic carbocycles. The molecule has 122 valence electrons. The van der Waals surface area contributed by atoms with Gasteiger partial charge in [0.2, 0.25) is 0 Å². The molecule has 2 aromatic rings. The summed E-state index contributed by atoms with van der Waals surface area (Å²) < 4.78 is 2.01. The standard InChI is InChI=1S/C16H21N5O2/c1-19(2)15-14(16(22)23)12-4-6-21(9-11(12)8-18-15)10-13-17-5-7-20(13)3/h5,7-8H,4,6,9-10H2,1-3H3,(H,22,23). The normalized spacial score (nSPS) is 14.6. The first-order valence-electron chi connectivity index (χ1n) is 7.57. The van der Waals surface area contributed by atoms with Crippen molar-refractivity contribution in [1.29, 1.82) is 0 Å². The lowest BCUT2D eigenvalue weighted by Crippen LogP contribution is -2.33. The second kappa shape index (κ2) is 6.00. The Labute approximate surface area is 135 Å². The monoisotopic (exact) mass is 315 g/mol. The van der Waals surface area contributed by atoms with Gasteiger partial charge in [-0.15, -0.1) is 0 Å². The van der Waals surface area contributed by atoms with Crippen LogP contribution >= 0.6 is 0 Å². The third-order valence-corrected chi connectivity index (χ3v) is 4.25. The number of carbonyl (C=O) groups is 1. The number of carboxylic acid groups (broad SMARTS) is 1. The SMILES string of the molecule is CN(C)c1ncc2c(c1C(=O)O)CCN(Cc1nccn1C)C2. The molecule has 0 fully saturated rings. The number of nitrogens with zero attached hydrogens (tertiary/aromatic N) is 5. The first-order valence-corrected chi connectivity index (χ1v) is 7.57. The summed E-state index contributed by atoms with van der Waals surface area (Å²) in [5.41, 5.74) is 2.24. The van der Waals surface area contributed by atoms with Gasteiger partial charge in [0.25, 0.3) is 0 Å². The Morgan fingerprint density at radius 3 is 2.78 bits per heavy atom. The molecule has 7 heteroatoms. The van der Waals surface area contributed by atoms with Crippen LogP contribution in [0.5, 0.6) is 0 Å². The number of imidazole rings is 1. The maximum atomic E-state index is 11.7. The largest absolute Gasteiger partial charge is 0.478 e. The van der Waals surface area contributed by atoms with Gasteiger partial charge in [0, 0.05) is 52.8 Å². The summed E-state index contributed by atoms with van der Waals surface area (Å²) in [6.07, 6.45) is 6.24. The number of hydrogen-bond donors (Lipinski definition) is 1. The molecular weight excluding hydrogens is 294 g/mol. The lowest BCUT2D eigenvalue weighted by molar-refractivity contribution is 0.0694. The van der Waals surface area contributed by atoms with Gasteiger partial charge in [-0.1, -0.05) is 0 Å². The molecule has 0 amide bonds. The minimum absolute atomic E-state index is 0.337. The molecule has 0 saturated heterocycles. The van der Waals surface area contributed by atoms with E-state index >= 15 is 0 Å². The van der Waals surface area contributed by atoms with Crippen molar-refractivity contribution < 1.29 is 9.90 Å². The van der Waals surface area contributed by atoms with Crippen LogP contribution in [0.4, 0.5) is 5.82 Å². The molecule has 0 unspecified atom stereocenters. The Kier molecular flexibility index (Phi) is 4.04. The molecule has 2 aromatic heterocycles. The van der Waals surface area contributed by atoms with Gasteiger partial charge in [0.1, 0.15) is 17.2 Å². The van der Waals surface area contributed by atoms with E-state index in [9.17, 15) is 9.90 Å². The number of hydrogen-bond acceptors (Lipinski definition) is 5. The summed E-state index contributed by atoms with van der Waals surface area (Å²) in [7, 11) is 5.61. The topological polar surface area (TPSA) is 74.5 Å². The van der Waals surface area contributed by atoms with Crippen molar-refractivity contribution in [3.05, 3.63) is 41.1 Å². The van der Waals surface area contributed by atoms with Crippen LogP contribution in [-0.2, 0) is 26.6 Å². The number of aryl methyl sites for hydroxylation is 1. The van der Waals surface area contributed by atoms with Crippen LogP contribution in [0, 0.1) is 0 Å². The summed E-state index contributed by atoms with van der Waals surface area (Å²) in [6.45, 7) is 2.26. The van der Waals surface area contributed by atoms with E-state index in [4.69, 9.17) is 0 Å². The van der Waals surface area contributed by atoms with Crippen molar-refractivity contribution in [3.63, 3.8) is 0 Å². The average Bonchev–Trinajstić information content (AvgIpc) is 2.90. The summed E-state index contributed by atoms with van der Waals surface area (Å²) in [5.74, 6) is 0.620. The molecule has 1 aliphatic heterocycles. The number of pyridine rings is 1. The van der Waals surface area contributed by atoms with Gasteiger partial charge in [-0.25, -0.2) is 14.8 Å². The van der Waals surface area contributed by atoms with E-state index in [1.807, 2.05) is 38.1 Å². The Balaban J connectivity index is 1.88. The van der Waals surface area contributed by atoms with Crippen LogP contribution in [0.1, 0.15) is 27.3 Å². The van der Waals surface area contributed by atoms with Crippen molar-refractivity contribution in [2.45, 2.75) is 19.5 Å². The third kappa shape index (κ3) is 2.92. The Hall–Kier alpha value is -2.41. The fourth-order valence-electron chi connectivity index (χ4n) is 3.04. The van der Waals surface area contributed by atoms with Crippen LogP contribution in [0.3, 0.4) is 0 Å². The highest BCUT2D eigenvalue weighted by Crippen LogP contribution is 2.28. The molecule has 23 heavy (non-hydrogen) atoms. The van der Waals surface area contributed by atoms with E-state index in [1.54, 1.807) is 11.1 Å². The Morgan fingerprint density at radius 2 is 2.17 bits per heavy atom. The van der Waals surface area contributed by atoms with Crippen LogP contribution in [0.15, 0.2) is 18.6 Å². The molecule has 1 N–H and O–H groups in total. The lowest BCUT2D eigenvalue weighted by Gasteiger charge is -2.30. The first kappa shape index (κ1) is 15.5. The summed E-state index contributed by atoms with van der Waals surface area (Å²) in [6, 6.07) is 0. The van der Waals surface area contributed by atoms with Gasteiger partial charge in [-0.2, -0.15) is 0 Å². The highest BCUT2D eigenvalue weighted by molar-refractivity contribution is 5.95. The predicted octanol–water partition coefficient (Wildman–Crippen LogP) is 1.14. The molecule has 3 rings (SSSR count). The van der Waals surface area contributed by atoms with Crippen LogP contribution in [0.2, 0.25) is 0 Å². The summed E-state index contributed by atoms with van der Waals surface area (Å²) >= 11 is 0. The lowest BCUT2D eigenvalue weighted by atomic mass is 9.96. The maximum absolute atomic E-state index is 11.7. The van der Waals surface area contributed by atoms with Gasteiger partial charge >= 0.3 is 5.97 Å². The molecular formula is C16H21N5O2. The molecule has 0 bridgehead atoms. The molecule has 7 nitrogen and oxygen atoms in total. The number of aromatic carboxylic acids is 1. The van der Waals surface area contributed by atoms with Crippen molar-refractivity contribution in [1.82, 2.24) is 19.4 Å². The number of fused-ring (bicyclic) bond motifs is 1. The van der Waals surface area contributed by atoms with Gasteiger partial charge in [0.05, 0.1) is 6.54 Å². The Bertz CT molecular complexity index is 738. The fourth-order valence-corrected chi connectivity index (χ4v) is 3.04. The average molecular weight is 315 g/mol.